The van der Waals surface area contributed by atoms with Gasteiger partial charge in [-0.05, 0) is 36.1 Å². The van der Waals surface area contributed by atoms with Gasteiger partial charge in [0, 0.05) is 10.0 Å². The number of Topliss-reactive ketones (excluding diaryl/α,β-unsaturated/α-hetero) is 1. The normalized spacial score (nSPS) is 27.4. The van der Waals surface area contributed by atoms with Gasteiger partial charge in [-0.2, -0.15) is 0 Å². The molecule has 1 aliphatic carbocycles. The molecule has 1 aliphatic heterocycles. The molecule has 2 aromatic carbocycles. The van der Waals surface area contributed by atoms with E-state index in [-0.39, 0.29) is 11.9 Å². The van der Waals surface area contributed by atoms with Crippen molar-refractivity contribution in [2.75, 3.05) is 0 Å². The molecule has 0 bridgehead atoms. The van der Waals surface area contributed by atoms with Gasteiger partial charge in [0.2, 0.25) is 0 Å². The lowest BCUT2D eigenvalue weighted by Gasteiger charge is -2.20. The van der Waals surface area contributed by atoms with Crippen molar-refractivity contribution in [1.29, 1.82) is 0 Å². The molecule has 1 saturated heterocycles. The van der Waals surface area contributed by atoms with Crippen LogP contribution in [0.3, 0.4) is 0 Å². The fourth-order valence-corrected chi connectivity index (χ4v) is 3.40. The number of carbonyl (C=O) groups is 1. The molecular formula is C17H13BrO2. The predicted octanol–water partition coefficient (Wildman–Crippen LogP) is 4.09. The van der Waals surface area contributed by atoms with Crippen LogP contribution in [0.2, 0.25) is 0 Å². The SMILES string of the molecule is O=C1c2ccccc2CC[C@@]12O[C@H]2c1ccc(Br)cc1. The van der Waals surface area contributed by atoms with E-state index in [1.54, 1.807) is 0 Å². The van der Waals surface area contributed by atoms with Crippen molar-refractivity contribution in [3.05, 3.63) is 69.7 Å². The lowest BCUT2D eigenvalue weighted by atomic mass is 9.79. The number of epoxide rings is 1. The second-order valence-corrected chi connectivity index (χ2v) is 6.34. The highest BCUT2D eigenvalue weighted by molar-refractivity contribution is 9.10. The largest absolute Gasteiger partial charge is 0.352 e. The van der Waals surface area contributed by atoms with Gasteiger partial charge >= 0.3 is 0 Å². The van der Waals surface area contributed by atoms with Crippen molar-refractivity contribution in [3.8, 4) is 0 Å². The third kappa shape index (κ3) is 1.70. The van der Waals surface area contributed by atoms with Crippen LogP contribution < -0.4 is 0 Å². The Kier molecular flexibility index (Phi) is 2.63. The molecule has 4 rings (SSSR count). The molecule has 0 amide bonds. The quantitative estimate of drug-likeness (QED) is 0.738. The van der Waals surface area contributed by atoms with E-state index in [0.29, 0.717) is 0 Å². The molecule has 0 saturated carbocycles. The summed E-state index contributed by atoms with van der Waals surface area (Å²) in [4.78, 5) is 12.7. The van der Waals surface area contributed by atoms with Gasteiger partial charge in [-0.1, -0.05) is 52.3 Å². The molecule has 0 N–H and O–H groups in total. The van der Waals surface area contributed by atoms with Gasteiger partial charge < -0.3 is 4.74 Å². The maximum atomic E-state index is 12.7. The average Bonchev–Trinajstić information content (AvgIpc) is 3.20. The summed E-state index contributed by atoms with van der Waals surface area (Å²) in [5, 5.41) is 0. The van der Waals surface area contributed by atoms with Crippen LogP contribution in [0.1, 0.15) is 34.0 Å². The summed E-state index contributed by atoms with van der Waals surface area (Å²) in [6.45, 7) is 0. The smallest absolute Gasteiger partial charge is 0.198 e. The molecular weight excluding hydrogens is 316 g/mol. The van der Waals surface area contributed by atoms with Gasteiger partial charge in [0.15, 0.2) is 11.4 Å². The number of ether oxygens (including phenoxy) is 1. The number of rotatable bonds is 1. The van der Waals surface area contributed by atoms with Crippen LogP contribution in [0.25, 0.3) is 0 Å². The molecule has 3 heteroatoms. The maximum absolute atomic E-state index is 12.7. The molecule has 1 spiro atoms. The van der Waals surface area contributed by atoms with Gasteiger partial charge in [-0.3, -0.25) is 4.79 Å². The summed E-state index contributed by atoms with van der Waals surface area (Å²) in [7, 11) is 0. The van der Waals surface area contributed by atoms with Crippen LogP contribution in [0.15, 0.2) is 53.0 Å². The predicted molar refractivity (Wildman–Crippen MR) is 79.8 cm³/mol. The second-order valence-electron chi connectivity index (χ2n) is 5.43. The zero-order valence-corrected chi connectivity index (χ0v) is 12.4. The van der Waals surface area contributed by atoms with Crippen molar-refractivity contribution < 1.29 is 9.53 Å². The number of halogens is 1. The minimum absolute atomic E-state index is 0.0866. The number of carbonyl (C=O) groups excluding carboxylic acids is 1. The van der Waals surface area contributed by atoms with Crippen molar-refractivity contribution in [1.82, 2.24) is 0 Å². The fourth-order valence-electron chi connectivity index (χ4n) is 3.14. The number of aryl methyl sites for hydroxylation is 1. The summed E-state index contributed by atoms with van der Waals surface area (Å²) >= 11 is 3.43. The van der Waals surface area contributed by atoms with Crippen LogP contribution in [0, 0.1) is 0 Å². The highest BCUT2D eigenvalue weighted by Gasteiger charge is 2.63. The van der Waals surface area contributed by atoms with Crippen LogP contribution in [0.4, 0.5) is 0 Å². The summed E-state index contributed by atoms with van der Waals surface area (Å²) in [5.74, 6) is 0.146. The Balaban J connectivity index is 1.69. The standard InChI is InChI=1S/C17H13BrO2/c18-13-7-5-12(6-8-13)16-17(20-16)10-9-11-3-1-2-4-14(11)15(17)19/h1-8,16H,9-10H2/t16-,17+/m0/s1. The Bertz CT molecular complexity index is 692. The Hall–Kier alpha value is -1.45. The minimum atomic E-state index is -0.609. The van der Waals surface area contributed by atoms with Crippen molar-refractivity contribution in [2.45, 2.75) is 24.5 Å². The molecule has 1 heterocycles. The molecule has 20 heavy (non-hydrogen) atoms. The van der Waals surface area contributed by atoms with Crippen LogP contribution in [-0.4, -0.2) is 11.4 Å². The topological polar surface area (TPSA) is 29.6 Å². The van der Waals surface area contributed by atoms with Crippen LogP contribution in [0.5, 0.6) is 0 Å². The first kappa shape index (κ1) is 12.3. The van der Waals surface area contributed by atoms with E-state index in [1.165, 1.54) is 0 Å². The molecule has 2 aromatic rings. The molecule has 0 unspecified atom stereocenters. The number of hydrogen-bond acceptors (Lipinski definition) is 2. The van der Waals surface area contributed by atoms with Crippen LogP contribution >= 0.6 is 15.9 Å². The molecule has 100 valence electrons. The monoisotopic (exact) mass is 328 g/mol. The van der Waals surface area contributed by atoms with E-state index in [0.717, 1.165) is 34.0 Å². The average molecular weight is 329 g/mol. The zero-order chi connectivity index (χ0) is 13.7. The van der Waals surface area contributed by atoms with Gasteiger partial charge in [0.1, 0.15) is 6.10 Å². The Morgan fingerprint density at radius 2 is 1.85 bits per heavy atom. The highest BCUT2D eigenvalue weighted by atomic mass is 79.9. The second kappa shape index (κ2) is 4.27. The Morgan fingerprint density at radius 1 is 1.10 bits per heavy atom. The van der Waals surface area contributed by atoms with E-state index >= 15 is 0 Å². The Labute approximate surface area is 125 Å². The first-order valence-corrected chi connectivity index (χ1v) is 7.56. The minimum Gasteiger partial charge on any atom is -0.352 e. The first-order chi connectivity index (χ1) is 9.71. The van der Waals surface area contributed by atoms with Gasteiger partial charge in [-0.15, -0.1) is 0 Å². The van der Waals surface area contributed by atoms with Gasteiger partial charge in [-0.25, -0.2) is 0 Å². The van der Waals surface area contributed by atoms with E-state index in [2.05, 4.69) is 15.9 Å². The number of fused-ring (bicyclic) bond motifs is 1. The van der Waals surface area contributed by atoms with Crippen LogP contribution in [-0.2, 0) is 11.2 Å². The van der Waals surface area contributed by atoms with E-state index < -0.39 is 5.60 Å². The van der Waals surface area contributed by atoms with Crippen molar-refractivity contribution in [2.24, 2.45) is 0 Å². The van der Waals surface area contributed by atoms with E-state index in [4.69, 9.17) is 4.74 Å². The summed E-state index contributed by atoms with van der Waals surface area (Å²) < 4.78 is 6.91. The molecule has 2 aliphatic rings. The molecule has 0 radical (unpaired) electrons. The third-order valence-electron chi connectivity index (χ3n) is 4.28. The highest BCUT2D eigenvalue weighted by Crippen LogP contribution is 2.56. The number of ketones is 1. The van der Waals surface area contributed by atoms with Gasteiger partial charge in [0.05, 0.1) is 0 Å². The summed E-state index contributed by atoms with van der Waals surface area (Å²) in [6.07, 6.45) is 1.61. The maximum Gasteiger partial charge on any atom is 0.198 e. The molecule has 2 nitrogen and oxygen atoms in total. The molecule has 2 atom stereocenters. The molecule has 1 fully saturated rings. The van der Waals surface area contributed by atoms with Crippen molar-refractivity contribution in [3.63, 3.8) is 0 Å². The third-order valence-corrected chi connectivity index (χ3v) is 4.81. The number of benzene rings is 2. The summed E-state index contributed by atoms with van der Waals surface area (Å²) in [6, 6.07) is 15.9. The van der Waals surface area contributed by atoms with Crippen molar-refractivity contribution >= 4 is 21.7 Å². The number of hydrogen-bond donors (Lipinski definition) is 0. The molecule has 0 aromatic heterocycles. The fraction of sp³-hybridized carbons (Fsp3) is 0.235. The Morgan fingerprint density at radius 3 is 2.65 bits per heavy atom. The zero-order valence-electron chi connectivity index (χ0n) is 10.8. The van der Waals surface area contributed by atoms with E-state index in [1.807, 2.05) is 48.5 Å². The van der Waals surface area contributed by atoms with E-state index in [9.17, 15) is 4.79 Å². The lowest BCUT2D eigenvalue weighted by Crippen LogP contribution is -2.31. The first-order valence-electron chi connectivity index (χ1n) is 6.77. The van der Waals surface area contributed by atoms with Gasteiger partial charge in [0.25, 0.3) is 0 Å². The summed E-state index contributed by atoms with van der Waals surface area (Å²) in [5.41, 5.74) is 2.45. The lowest BCUT2D eigenvalue weighted by molar-refractivity contribution is 0.0850.